The number of carboxylic acids is 1. The van der Waals surface area contributed by atoms with Gasteiger partial charge in [0.25, 0.3) is 0 Å². The minimum Gasteiger partial charge on any atom is -0.480 e. The Morgan fingerprint density at radius 2 is 1.78 bits per heavy atom. The standard InChI is InChI=1S/C16H28N2O5/c1-16(2,3)23-15(22)18-12(14(21)17-10-13(19)20)9-11-7-5-4-6-8-11/h11-12H,4-10H2,1-3H3,(H,17,21)(H,18,22)(H,19,20)/t12-/m0/s1. The average Bonchev–Trinajstić information content (AvgIpc) is 2.43. The highest BCUT2D eigenvalue weighted by atomic mass is 16.6. The third kappa shape index (κ3) is 8.42. The van der Waals surface area contributed by atoms with Gasteiger partial charge >= 0.3 is 12.1 Å². The molecule has 0 aromatic heterocycles. The number of alkyl carbamates (subject to hydrolysis) is 1. The van der Waals surface area contributed by atoms with Crippen molar-refractivity contribution >= 4 is 18.0 Å². The van der Waals surface area contributed by atoms with Gasteiger partial charge in [-0.05, 0) is 33.1 Å². The Morgan fingerprint density at radius 3 is 2.30 bits per heavy atom. The minimum atomic E-state index is -1.12. The molecule has 0 radical (unpaired) electrons. The van der Waals surface area contributed by atoms with E-state index in [2.05, 4.69) is 10.6 Å². The number of rotatable bonds is 6. The number of hydrogen-bond acceptors (Lipinski definition) is 4. The third-order valence-corrected chi connectivity index (χ3v) is 3.72. The van der Waals surface area contributed by atoms with Gasteiger partial charge in [-0.15, -0.1) is 0 Å². The first kappa shape index (κ1) is 19.3. The number of carbonyl (C=O) groups excluding carboxylic acids is 2. The Morgan fingerprint density at radius 1 is 1.17 bits per heavy atom. The molecular weight excluding hydrogens is 300 g/mol. The number of amides is 2. The summed E-state index contributed by atoms with van der Waals surface area (Å²) in [6.07, 6.45) is 5.35. The van der Waals surface area contributed by atoms with E-state index in [1.807, 2.05) is 0 Å². The molecule has 1 aliphatic rings. The molecule has 0 bridgehead atoms. The summed E-state index contributed by atoms with van der Waals surface area (Å²) in [4.78, 5) is 34.7. The second kappa shape index (κ2) is 8.74. The van der Waals surface area contributed by atoms with E-state index in [0.29, 0.717) is 12.3 Å². The van der Waals surface area contributed by atoms with Crippen molar-refractivity contribution in [3.63, 3.8) is 0 Å². The van der Waals surface area contributed by atoms with E-state index in [1.54, 1.807) is 20.8 Å². The molecule has 3 N–H and O–H groups in total. The van der Waals surface area contributed by atoms with Gasteiger partial charge in [-0.3, -0.25) is 9.59 Å². The summed E-state index contributed by atoms with van der Waals surface area (Å²) in [6.45, 7) is 4.77. The Balaban J connectivity index is 2.64. The molecule has 23 heavy (non-hydrogen) atoms. The number of aliphatic carboxylic acids is 1. The van der Waals surface area contributed by atoms with E-state index in [-0.39, 0.29) is 0 Å². The summed E-state index contributed by atoms with van der Waals surface area (Å²) < 4.78 is 5.19. The van der Waals surface area contributed by atoms with Crippen LogP contribution in [-0.4, -0.2) is 41.3 Å². The van der Waals surface area contributed by atoms with E-state index in [1.165, 1.54) is 6.42 Å². The van der Waals surface area contributed by atoms with Crippen LogP contribution in [0.1, 0.15) is 59.3 Å². The lowest BCUT2D eigenvalue weighted by molar-refractivity contribution is -0.138. The maximum atomic E-state index is 12.2. The Hall–Kier alpha value is -1.79. The summed E-state index contributed by atoms with van der Waals surface area (Å²) in [5, 5.41) is 13.6. The molecule has 0 spiro atoms. The number of nitrogens with one attached hydrogen (secondary N) is 2. The van der Waals surface area contributed by atoms with Crippen molar-refractivity contribution in [2.45, 2.75) is 70.9 Å². The van der Waals surface area contributed by atoms with Crippen LogP contribution in [0.4, 0.5) is 4.79 Å². The molecule has 0 unspecified atom stereocenters. The zero-order valence-electron chi connectivity index (χ0n) is 14.2. The molecule has 0 aliphatic heterocycles. The second-order valence-corrected chi connectivity index (χ2v) is 7.05. The molecule has 1 saturated carbocycles. The van der Waals surface area contributed by atoms with E-state index >= 15 is 0 Å². The van der Waals surface area contributed by atoms with E-state index in [4.69, 9.17) is 9.84 Å². The van der Waals surface area contributed by atoms with Crippen molar-refractivity contribution in [2.24, 2.45) is 5.92 Å². The SMILES string of the molecule is CC(C)(C)OC(=O)N[C@@H](CC1CCCCC1)C(=O)NCC(=O)O. The van der Waals surface area contributed by atoms with E-state index < -0.39 is 36.2 Å². The number of carboxylic acid groups (broad SMARTS) is 1. The molecule has 1 aliphatic carbocycles. The third-order valence-electron chi connectivity index (χ3n) is 3.72. The van der Waals surface area contributed by atoms with E-state index in [9.17, 15) is 14.4 Å². The van der Waals surface area contributed by atoms with Crippen molar-refractivity contribution < 1.29 is 24.2 Å². The number of ether oxygens (including phenoxy) is 1. The van der Waals surface area contributed by atoms with Crippen LogP contribution >= 0.6 is 0 Å². The molecule has 7 nitrogen and oxygen atoms in total. The first-order chi connectivity index (χ1) is 10.7. The Bertz CT molecular complexity index is 425. The number of carbonyl (C=O) groups is 3. The summed E-state index contributed by atoms with van der Waals surface area (Å²) in [5.74, 6) is -1.24. The van der Waals surface area contributed by atoms with Crippen molar-refractivity contribution in [2.75, 3.05) is 6.54 Å². The van der Waals surface area contributed by atoms with Gasteiger partial charge in [-0.2, -0.15) is 0 Å². The smallest absolute Gasteiger partial charge is 0.408 e. The maximum absolute atomic E-state index is 12.2. The first-order valence-corrected chi connectivity index (χ1v) is 8.16. The van der Waals surface area contributed by atoms with Crippen molar-refractivity contribution in [3.8, 4) is 0 Å². The number of hydrogen-bond donors (Lipinski definition) is 3. The summed E-state index contributed by atoms with van der Waals surface area (Å²) in [6, 6.07) is -0.771. The van der Waals surface area contributed by atoms with Crippen LogP contribution in [0.3, 0.4) is 0 Å². The fourth-order valence-electron chi connectivity index (χ4n) is 2.72. The van der Waals surface area contributed by atoms with Crippen LogP contribution in [0.25, 0.3) is 0 Å². The molecular formula is C16H28N2O5. The van der Waals surface area contributed by atoms with Gasteiger partial charge in [-0.25, -0.2) is 4.79 Å². The lowest BCUT2D eigenvalue weighted by Gasteiger charge is -2.27. The Kier molecular flexibility index (Phi) is 7.32. The lowest BCUT2D eigenvalue weighted by Crippen LogP contribution is -2.50. The first-order valence-electron chi connectivity index (χ1n) is 8.16. The molecule has 2 amide bonds. The molecule has 0 heterocycles. The molecule has 7 heteroatoms. The van der Waals surface area contributed by atoms with Gasteiger partial charge in [0.15, 0.2) is 0 Å². The van der Waals surface area contributed by atoms with Gasteiger partial charge in [0.1, 0.15) is 18.2 Å². The van der Waals surface area contributed by atoms with Gasteiger partial charge in [-0.1, -0.05) is 32.1 Å². The molecule has 1 atom stereocenters. The van der Waals surface area contributed by atoms with Gasteiger partial charge in [0.2, 0.25) is 5.91 Å². The monoisotopic (exact) mass is 328 g/mol. The minimum absolute atomic E-state index is 0.360. The molecule has 0 aromatic carbocycles. The van der Waals surface area contributed by atoms with Gasteiger partial charge in [0, 0.05) is 0 Å². The predicted octanol–water partition coefficient (Wildman–Crippen LogP) is 2.05. The summed E-state index contributed by atoms with van der Waals surface area (Å²) in [7, 11) is 0. The molecule has 1 fully saturated rings. The normalized spacial score (nSPS) is 17.2. The molecule has 0 saturated heterocycles. The average molecular weight is 328 g/mol. The van der Waals surface area contributed by atoms with Gasteiger partial charge < -0.3 is 20.5 Å². The topological polar surface area (TPSA) is 105 Å². The highest BCUT2D eigenvalue weighted by molar-refractivity contribution is 5.88. The fraction of sp³-hybridized carbons (Fsp3) is 0.812. The maximum Gasteiger partial charge on any atom is 0.408 e. The molecule has 132 valence electrons. The van der Waals surface area contributed by atoms with Crippen molar-refractivity contribution in [1.29, 1.82) is 0 Å². The van der Waals surface area contributed by atoms with Crippen molar-refractivity contribution in [1.82, 2.24) is 10.6 Å². The van der Waals surface area contributed by atoms with Crippen LogP contribution in [0.5, 0.6) is 0 Å². The quantitative estimate of drug-likeness (QED) is 0.692. The van der Waals surface area contributed by atoms with Crippen LogP contribution in [0.15, 0.2) is 0 Å². The lowest BCUT2D eigenvalue weighted by atomic mass is 9.84. The molecule has 0 aromatic rings. The van der Waals surface area contributed by atoms with Crippen LogP contribution < -0.4 is 10.6 Å². The predicted molar refractivity (Wildman–Crippen MR) is 85.0 cm³/mol. The zero-order valence-corrected chi connectivity index (χ0v) is 14.2. The highest BCUT2D eigenvalue weighted by Gasteiger charge is 2.28. The van der Waals surface area contributed by atoms with Crippen molar-refractivity contribution in [3.05, 3.63) is 0 Å². The highest BCUT2D eigenvalue weighted by Crippen LogP contribution is 2.27. The van der Waals surface area contributed by atoms with Crippen LogP contribution in [-0.2, 0) is 14.3 Å². The zero-order chi connectivity index (χ0) is 17.5. The largest absolute Gasteiger partial charge is 0.480 e. The van der Waals surface area contributed by atoms with E-state index in [0.717, 1.165) is 25.7 Å². The van der Waals surface area contributed by atoms with Gasteiger partial charge in [0.05, 0.1) is 0 Å². The summed E-state index contributed by atoms with van der Waals surface area (Å²) >= 11 is 0. The second-order valence-electron chi connectivity index (χ2n) is 7.05. The van der Waals surface area contributed by atoms with Crippen LogP contribution in [0.2, 0.25) is 0 Å². The molecule has 1 rings (SSSR count). The van der Waals surface area contributed by atoms with Crippen LogP contribution in [0, 0.1) is 5.92 Å². The fourth-order valence-corrected chi connectivity index (χ4v) is 2.72. The Labute approximate surface area is 137 Å². The summed E-state index contributed by atoms with van der Waals surface area (Å²) in [5.41, 5.74) is -0.656.